The molecule has 2 rings (SSSR count). The minimum Gasteiger partial charge on any atom is -0.311 e. The molecule has 82 valence electrons. The van der Waals surface area contributed by atoms with Crippen molar-refractivity contribution in [3.8, 4) is 6.07 Å². The highest BCUT2D eigenvalue weighted by Gasteiger charge is 2.30. The Kier molecular flexibility index (Phi) is 3.17. The number of halogens is 2. The standard InChI is InChI=1S/C11H8BrClN2O/c12-9-3-4-15(11(9)16)8-2-1-7(6-14)10(13)5-8/h1-2,5,9H,3-4H2. The van der Waals surface area contributed by atoms with Gasteiger partial charge in [0.25, 0.3) is 0 Å². The van der Waals surface area contributed by atoms with Gasteiger partial charge in [-0.15, -0.1) is 0 Å². The van der Waals surface area contributed by atoms with Crippen LogP contribution in [-0.2, 0) is 4.79 Å². The first-order chi connectivity index (χ1) is 7.63. The van der Waals surface area contributed by atoms with Gasteiger partial charge in [0, 0.05) is 12.2 Å². The second-order valence-corrected chi connectivity index (χ2v) is 5.03. The monoisotopic (exact) mass is 298 g/mol. The van der Waals surface area contributed by atoms with Crippen molar-refractivity contribution in [1.82, 2.24) is 0 Å². The van der Waals surface area contributed by atoms with E-state index in [-0.39, 0.29) is 10.7 Å². The van der Waals surface area contributed by atoms with Gasteiger partial charge >= 0.3 is 0 Å². The lowest BCUT2D eigenvalue weighted by Crippen LogP contribution is -2.26. The van der Waals surface area contributed by atoms with Crippen LogP contribution in [0.25, 0.3) is 0 Å². The molecule has 0 bridgehead atoms. The Morgan fingerprint density at radius 3 is 2.81 bits per heavy atom. The van der Waals surface area contributed by atoms with E-state index in [4.69, 9.17) is 16.9 Å². The summed E-state index contributed by atoms with van der Waals surface area (Å²) in [5, 5.41) is 9.13. The van der Waals surface area contributed by atoms with Gasteiger partial charge in [0.1, 0.15) is 6.07 Å². The molecule has 16 heavy (non-hydrogen) atoms. The summed E-state index contributed by atoms with van der Waals surface area (Å²) >= 11 is 9.23. The molecule has 1 amide bonds. The van der Waals surface area contributed by atoms with E-state index in [9.17, 15) is 4.79 Å². The highest BCUT2D eigenvalue weighted by atomic mass is 79.9. The van der Waals surface area contributed by atoms with Crippen molar-refractivity contribution in [3.63, 3.8) is 0 Å². The van der Waals surface area contributed by atoms with Crippen LogP contribution >= 0.6 is 27.5 Å². The lowest BCUT2D eigenvalue weighted by Gasteiger charge is -2.16. The third kappa shape index (κ3) is 1.93. The predicted molar refractivity (Wildman–Crippen MR) is 65.9 cm³/mol. The van der Waals surface area contributed by atoms with Crippen LogP contribution in [-0.4, -0.2) is 17.3 Å². The first-order valence-electron chi connectivity index (χ1n) is 4.78. The average Bonchev–Trinajstić information content (AvgIpc) is 2.60. The molecule has 1 unspecified atom stereocenters. The van der Waals surface area contributed by atoms with Gasteiger partial charge in [0.2, 0.25) is 5.91 Å². The predicted octanol–water partition coefficient (Wildman–Crippen LogP) is 2.71. The van der Waals surface area contributed by atoms with E-state index in [2.05, 4.69) is 15.9 Å². The van der Waals surface area contributed by atoms with Crippen LogP contribution in [0.3, 0.4) is 0 Å². The molecule has 1 fully saturated rings. The Hall–Kier alpha value is -1.05. The number of benzene rings is 1. The van der Waals surface area contributed by atoms with Crippen molar-refractivity contribution in [2.45, 2.75) is 11.2 Å². The van der Waals surface area contributed by atoms with Gasteiger partial charge in [-0.3, -0.25) is 4.79 Å². The molecule has 1 aliphatic heterocycles. The van der Waals surface area contributed by atoms with Crippen LogP contribution in [0.15, 0.2) is 18.2 Å². The van der Waals surface area contributed by atoms with Gasteiger partial charge in [0.15, 0.2) is 0 Å². The smallest absolute Gasteiger partial charge is 0.240 e. The van der Waals surface area contributed by atoms with Gasteiger partial charge in [-0.25, -0.2) is 0 Å². The molecular formula is C11H8BrClN2O. The third-order valence-electron chi connectivity index (χ3n) is 2.52. The fourth-order valence-corrected chi connectivity index (χ4v) is 2.33. The lowest BCUT2D eigenvalue weighted by atomic mass is 10.2. The molecule has 0 saturated carbocycles. The topological polar surface area (TPSA) is 44.1 Å². The molecule has 1 aliphatic rings. The van der Waals surface area contributed by atoms with Crippen LogP contribution in [0.5, 0.6) is 0 Å². The molecule has 0 spiro atoms. The molecule has 0 radical (unpaired) electrons. The van der Waals surface area contributed by atoms with Gasteiger partial charge in [0.05, 0.1) is 15.4 Å². The van der Waals surface area contributed by atoms with Crippen LogP contribution in [0, 0.1) is 11.3 Å². The summed E-state index contributed by atoms with van der Waals surface area (Å²) in [6.07, 6.45) is 0.788. The summed E-state index contributed by atoms with van der Waals surface area (Å²) in [7, 11) is 0. The zero-order chi connectivity index (χ0) is 11.7. The van der Waals surface area contributed by atoms with Gasteiger partial charge in [-0.05, 0) is 24.6 Å². The molecule has 1 heterocycles. The highest BCUT2D eigenvalue weighted by molar-refractivity contribution is 9.10. The SMILES string of the molecule is N#Cc1ccc(N2CCC(Br)C2=O)cc1Cl. The molecule has 5 heteroatoms. The summed E-state index contributed by atoms with van der Waals surface area (Å²) in [6.45, 7) is 0.678. The van der Waals surface area contributed by atoms with Gasteiger partial charge < -0.3 is 4.90 Å². The van der Waals surface area contributed by atoms with Crippen molar-refractivity contribution >= 4 is 39.1 Å². The van der Waals surface area contributed by atoms with E-state index in [1.807, 2.05) is 6.07 Å². The zero-order valence-corrected chi connectivity index (χ0v) is 10.6. The summed E-state index contributed by atoms with van der Waals surface area (Å²) < 4.78 is 0. The van der Waals surface area contributed by atoms with Crippen LogP contribution in [0.1, 0.15) is 12.0 Å². The normalized spacial score (nSPS) is 19.9. The average molecular weight is 300 g/mol. The summed E-state index contributed by atoms with van der Waals surface area (Å²) in [6, 6.07) is 7.02. The van der Waals surface area contributed by atoms with Crippen molar-refractivity contribution in [2.75, 3.05) is 11.4 Å². The fourth-order valence-electron chi connectivity index (χ4n) is 1.66. The van der Waals surface area contributed by atoms with E-state index in [1.165, 1.54) is 0 Å². The Morgan fingerprint density at radius 1 is 1.56 bits per heavy atom. The van der Waals surface area contributed by atoms with E-state index in [1.54, 1.807) is 23.1 Å². The fraction of sp³-hybridized carbons (Fsp3) is 0.273. The number of carbonyl (C=O) groups excluding carboxylic acids is 1. The van der Waals surface area contributed by atoms with Crippen molar-refractivity contribution in [3.05, 3.63) is 28.8 Å². The van der Waals surface area contributed by atoms with Crippen molar-refractivity contribution in [2.24, 2.45) is 0 Å². The number of hydrogen-bond donors (Lipinski definition) is 0. The minimum absolute atomic E-state index is 0.0424. The molecule has 1 atom stereocenters. The number of anilines is 1. The molecule has 0 aromatic heterocycles. The third-order valence-corrected chi connectivity index (χ3v) is 3.69. The Balaban J connectivity index is 2.33. The maximum absolute atomic E-state index is 11.7. The quantitative estimate of drug-likeness (QED) is 0.748. The minimum atomic E-state index is -0.109. The zero-order valence-electron chi connectivity index (χ0n) is 8.28. The number of amides is 1. The highest BCUT2D eigenvalue weighted by Crippen LogP contribution is 2.28. The van der Waals surface area contributed by atoms with Crippen molar-refractivity contribution in [1.29, 1.82) is 5.26 Å². The Bertz CT molecular complexity index is 483. The molecule has 3 nitrogen and oxygen atoms in total. The van der Waals surface area contributed by atoms with Gasteiger partial charge in [-0.1, -0.05) is 27.5 Å². The number of nitriles is 1. The maximum atomic E-state index is 11.7. The second-order valence-electron chi connectivity index (χ2n) is 3.52. The number of carbonyl (C=O) groups is 1. The van der Waals surface area contributed by atoms with Crippen molar-refractivity contribution < 1.29 is 4.79 Å². The first kappa shape index (κ1) is 11.4. The van der Waals surface area contributed by atoms with E-state index in [0.29, 0.717) is 17.1 Å². The van der Waals surface area contributed by atoms with Crippen LogP contribution < -0.4 is 4.90 Å². The van der Waals surface area contributed by atoms with E-state index in [0.717, 1.165) is 12.1 Å². The number of alkyl halides is 1. The molecular weight excluding hydrogens is 291 g/mol. The largest absolute Gasteiger partial charge is 0.311 e. The Labute approximate surface area is 107 Å². The Morgan fingerprint density at radius 2 is 2.31 bits per heavy atom. The molecule has 1 saturated heterocycles. The second kappa shape index (κ2) is 4.44. The lowest BCUT2D eigenvalue weighted by molar-refractivity contribution is -0.116. The molecule has 0 N–H and O–H groups in total. The van der Waals surface area contributed by atoms with Crippen LogP contribution in [0.4, 0.5) is 5.69 Å². The molecule has 1 aromatic rings. The number of nitrogens with zero attached hydrogens (tertiary/aromatic N) is 2. The van der Waals surface area contributed by atoms with E-state index >= 15 is 0 Å². The summed E-state index contributed by atoms with van der Waals surface area (Å²) in [4.78, 5) is 13.3. The van der Waals surface area contributed by atoms with E-state index < -0.39 is 0 Å². The number of hydrogen-bond acceptors (Lipinski definition) is 2. The molecule has 0 aliphatic carbocycles. The van der Waals surface area contributed by atoms with Crippen LogP contribution in [0.2, 0.25) is 5.02 Å². The molecule has 1 aromatic carbocycles. The summed E-state index contributed by atoms with van der Waals surface area (Å²) in [5.41, 5.74) is 1.17. The number of rotatable bonds is 1. The summed E-state index contributed by atoms with van der Waals surface area (Å²) in [5.74, 6) is 0.0424. The first-order valence-corrected chi connectivity index (χ1v) is 6.08. The van der Waals surface area contributed by atoms with Gasteiger partial charge in [-0.2, -0.15) is 5.26 Å². The maximum Gasteiger partial charge on any atom is 0.240 e.